The number of phenolic OH excluding ortho intramolecular Hbond substituents is 1. The maximum Gasteiger partial charge on any atom is 0.319 e. The van der Waals surface area contributed by atoms with Crippen molar-refractivity contribution >= 4 is 17.6 Å². The van der Waals surface area contributed by atoms with Gasteiger partial charge in [0.1, 0.15) is 5.75 Å². The molecule has 0 radical (unpaired) electrons. The van der Waals surface area contributed by atoms with Crippen LogP contribution in [0.2, 0.25) is 0 Å². The largest absolute Gasteiger partial charge is 0.508 e. The third-order valence-corrected chi connectivity index (χ3v) is 4.05. The summed E-state index contributed by atoms with van der Waals surface area (Å²) in [4.78, 5) is 24.7. The van der Waals surface area contributed by atoms with Gasteiger partial charge in [-0.05, 0) is 43.7 Å². The van der Waals surface area contributed by atoms with Gasteiger partial charge in [0.15, 0.2) is 0 Å². The number of allylic oxidation sites excluding steroid dienone is 1. The van der Waals surface area contributed by atoms with E-state index in [4.69, 9.17) is 0 Å². The molecule has 0 bridgehead atoms. The SMILES string of the molecule is CC1=C(C(=O)Nc2ccc(C)cc2)[C@H](c2ccc(O)cc2)NC(=O)N1. The Balaban J connectivity index is 1.92. The molecule has 2 aromatic rings. The van der Waals surface area contributed by atoms with Crippen LogP contribution < -0.4 is 16.0 Å². The van der Waals surface area contributed by atoms with Gasteiger partial charge in [-0.25, -0.2) is 4.79 Å². The highest BCUT2D eigenvalue weighted by molar-refractivity contribution is 6.06. The Morgan fingerprint density at radius 3 is 2.32 bits per heavy atom. The van der Waals surface area contributed by atoms with Gasteiger partial charge in [0, 0.05) is 11.4 Å². The average molecular weight is 337 g/mol. The van der Waals surface area contributed by atoms with Crippen LogP contribution in [0.1, 0.15) is 24.1 Å². The zero-order chi connectivity index (χ0) is 18.0. The van der Waals surface area contributed by atoms with Gasteiger partial charge in [-0.15, -0.1) is 0 Å². The van der Waals surface area contributed by atoms with Crippen LogP contribution in [0.3, 0.4) is 0 Å². The Kier molecular flexibility index (Phi) is 4.43. The molecular formula is C19H19N3O3. The van der Waals surface area contributed by atoms with Gasteiger partial charge in [-0.3, -0.25) is 4.79 Å². The molecule has 0 saturated carbocycles. The van der Waals surface area contributed by atoms with E-state index in [1.54, 1.807) is 19.1 Å². The quantitative estimate of drug-likeness (QED) is 0.694. The highest BCUT2D eigenvalue weighted by Gasteiger charge is 2.31. The fraction of sp³-hybridized carbons (Fsp3) is 0.158. The number of anilines is 1. The van der Waals surface area contributed by atoms with Gasteiger partial charge in [-0.2, -0.15) is 0 Å². The third-order valence-electron chi connectivity index (χ3n) is 4.05. The first-order chi connectivity index (χ1) is 11.9. The molecule has 0 aliphatic carbocycles. The number of hydrogen-bond acceptors (Lipinski definition) is 3. The number of hydrogen-bond donors (Lipinski definition) is 4. The van der Waals surface area contributed by atoms with Gasteiger partial charge in [0.2, 0.25) is 0 Å². The summed E-state index contributed by atoms with van der Waals surface area (Å²) in [6.45, 7) is 3.66. The number of aromatic hydroxyl groups is 1. The summed E-state index contributed by atoms with van der Waals surface area (Å²) in [5, 5.41) is 17.7. The Labute approximate surface area is 145 Å². The van der Waals surface area contributed by atoms with E-state index in [1.165, 1.54) is 12.1 Å². The predicted molar refractivity (Wildman–Crippen MR) is 95.0 cm³/mol. The van der Waals surface area contributed by atoms with Crippen molar-refractivity contribution in [2.24, 2.45) is 0 Å². The lowest BCUT2D eigenvalue weighted by Gasteiger charge is -2.28. The first kappa shape index (κ1) is 16.6. The normalized spacial score (nSPS) is 16.9. The maximum atomic E-state index is 12.8. The molecule has 0 fully saturated rings. The minimum absolute atomic E-state index is 0.121. The van der Waals surface area contributed by atoms with E-state index in [0.29, 0.717) is 22.5 Å². The van der Waals surface area contributed by atoms with Crippen molar-refractivity contribution in [3.8, 4) is 5.75 Å². The zero-order valence-electron chi connectivity index (χ0n) is 14.0. The smallest absolute Gasteiger partial charge is 0.319 e. The number of rotatable bonds is 3. The molecule has 2 aromatic carbocycles. The summed E-state index contributed by atoms with van der Waals surface area (Å²) in [6, 6.07) is 12.9. The standard InChI is InChI=1S/C19H19N3O3/c1-11-3-7-14(8-4-11)21-18(24)16-12(2)20-19(25)22-17(16)13-5-9-15(23)10-6-13/h3-10,17,23H,1-2H3,(H,21,24)(H2,20,22,25)/t17-/m0/s1. The highest BCUT2D eigenvalue weighted by atomic mass is 16.3. The van der Waals surface area contributed by atoms with Crippen LogP contribution in [-0.2, 0) is 4.79 Å². The first-order valence-corrected chi connectivity index (χ1v) is 7.89. The molecule has 1 aliphatic heterocycles. The second kappa shape index (κ2) is 6.68. The Morgan fingerprint density at radius 2 is 1.68 bits per heavy atom. The number of urea groups is 1. The van der Waals surface area contributed by atoms with E-state index < -0.39 is 6.04 Å². The molecule has 4 N–H and O–H groups in total. The molecule has 1 atom stereocenters. The Morgan fingerprint density at radius 1 is 1.04 bits per heavy atom. The van der Waals surface area contributed by atoms with Gasteiger partial charge in [0.25, 0.3) is 5.91 Å². The maximum absolute atomic E-state index is 12.8. The van der Waals surface area contributed by atoms with Crippen LogP contribution in [0.25, 0.3) is 0 Å². The summed E-state index contributed by atoms with van der Waals surface area (Å²) in [5.41, 5.74) is 3.40. The number of nitrogens with one attached hydrogen (secondary N) is 3. The molecule has 25 heavy (non-hydrogen) atoms. The molecule has 0 unspecified atom stereocenters. The number of benzene rings is 2. The van der Waals surface area contributed by atoms with E-state index in [1.807, 2.05) is 31.2 Å². The van der Waals surface area contributed by atoms with Gasteiger partial charge in [0.05, 0.1) is 11.6 Å². The number of phenols is 1. The summed E-state index contributed by atoms with van der Waals surface area (Å²) >= 11 is 0. The van der Waals surface area contributed by atoms with Crippen LogP contribution in [0, 0.1) is 6.92 Å². The van der Waals surface area contributed by atoms with Crippen molar-refractivity contribution in [3.63, 3.8) is 0 Å². The molecule has 3 amide bonds. The van der Waals surface area contributed by atoms with Crippen molar-refractivity contribution in [3.05, 3.63) is 70.9 Å². The summed E-state index contributed by atoms with van der Waals surface area (Å²) < 4.78 is 0. The predicted octanol–water partition coefficient (Wildman–Crippen LogP) is 2.97. The van der Waals surface area contributed by atoms with E-state index in [2.05, 4.69) is 16.0 Å². The van der Waals surface area contributed by atoms with Crippen LogP contribution in [0.5, 0.6) is 5.75 Å². The molecule has 0 spiro atoms. The fourth-order valence-electron chi connectivity index (χ4n) is 2.75. The van der Waals surface area contributed by atoms with Crippen LogP contribution in [0.15, 0.2) is 59.8 Å². The minimum Gasteiger partial charge on any atom is -0.508 e. The lowest BCUT2D eigenvalue weighted by atomic mass is 9.94. The van der Waals surface area contributed by atoms with Crippen LogP contribution in [0.4, 0.5) is 10.5 Å². The van der Waals surface area contributed by atoms with Gasteiger partial charge in [-0.1, -0.05) is 29.8 Å². The van der Waals surface area contributed by atoms with Crippen LogP contribution >= 0.6 is 0 Å². The Hall–Kier alpha value is -3.28. The minimum atomic E-state index is -0.597. The molecule has 1 heterocycles. The summed E-state index contributed by atoms with van der Waals surface area (Å²) in [5.74, 6) is -0.178. The van der Waals surface area contributed by atoms with E-state index >= 15 is 0 Å². The van der Waals surface area contributed by atoms with Crippen molar-refractivity contribution in [1.29, 1.82) is 0 Å². The van der Waals surface area contributed by atoms with Crippen LogP contribution in [-0.4, -0.2) is 17.0 Å². The average Bonchev–Trinajstić information content (AvgIpc) is 2.57. The molecule has 6 nitrogen and oxygen atoms in total. The second-order valence-corrected chi connectivity index (χ2v) is 5.98. The van der Waals surface area contributed by atoms with Gasteiger partial charge < -0.3 is 21.1 Å². The van der Waals surface area contributed by atoms with Crippen molar-refractivity contribution < 1.29 is 14.7 Å². The number of amides is 3. The van der Waals surface area contributed by atoms with E-state index in [9.17, 15) is 14.7 Å². The number of carbonyl (C=O) groups is 2. The van der Waals surface area contributed by atoms with Crippen molar-refractivity contribution in [1.82, 2.24) is 10.6 Å². The lowest BCUT2D eigenvalue weighted by Crippen LogP contribution is -2.45. The fourth-order valence-corrected chi connectivity index (χ4v) is 2.75. The van der Waals surface area contributed by atoms with E-state index in [-0.39, 0.29) is 17.7 Å². The van der Waals surface area contributed by atoms with E-state index in [0.717, 1.165) is 5.56 Å². The second-order valence-electron chi connectivity index (χ2n) is 5.98. The topological polar surface area (TPSA) is 90.5 Å². The first-order valence-electron chi connectivity index (χ1n) is 7.89. The van der Waals surface area contributed by atoms with Crippen molar-refractivity contribution in [2.75, 3.05) is 5.32 Å². The monoisotopic (exact) mass is 337 g/mol. The molecule has 3 rings (SSSR count). The molecule has 128 valence electrons. The zero-order valence-corrected chi connectivity index (χ0v) is 14.0. The number of aryl methyl sites for hydroxylation is 1. The molecular weight excluding hydrogens is 318 g/mol. The summed E-state index contributed by atoms with van der Waals surface area (Å²) in [7, 11) is 0. The third kappa shape index (κ3) is 3.63. The number of carbonyl (C=O) groups excluding carboxylic acids is 2. The van der Waals surface area contributed by atoms with Crippen molar-refractivity contribution in [2.45, 2.75) is 19.9 Å². The summed E-state index contributed by atoms with van der Waals surface area (Å²) in [6.07, 6.45) is 0. The molecule has 1 aliphatic rings. The lowest BCUT2D eigenvalue weighted by molar-refractivity contribution is -0.113. The van der Waals surface area contributed by atoms with Gasteiger partial charge >= 0.3 is 6.03 Å². The highest BCUT2D eigenvalue weighted by Crippen LogP contribution is 2.28. The molecule has 0 saturated heterocycles. The Bertz CT molecular complexity index is 839. The molecule has 0 aromatic heterocycles. The molecule has 6 heteroatoms.